The lowest BCUT2D eigenvalue weighted by atomic mass is 10.1. The average Bonchev–Trinajstić information content (AvgIpc) is 3.12. The van der Waals surface area contributed by atoms with Gasteiger partial charge in [0.2, 0.25) is 0 Å². The van der Waals surface area contributed by atoms with Crippen molar-refractivity contribution in [3.63, 3.8) is 0 Å². The summed E-state index contributed by atoms with van der Waals surface area (Å²) in [6.45, 7) is 6.29. The van der Waals surface area contributed by atoms with Gasteiger partial charge in [-0.05, 0) is 31.9 Å². The predicted molar refractivity (Wildman–Crippen MR) is 100 cm³/mol. The smallest absolute Gasteiger partial charge is 0.339 e. The largest absolute Gasteiger partial charge is 0.478 e. The van der Waals surface area contributed by atoms with Crippen LogP contribution in [0.4, 0.5) is 5.69 Å². The topological polar surface area (TPSA) is 102 Å². The highest BCUT2D eigenvalue weighted by Gasteiger charge is 2.23. The van der Waals surface area contributed by atoms with E-state index in [1.54, 1.807) is 14.0 Å². The zero-order valence-corrected chi connectivity index (χ0v) is 15.6. The second-order valence-electron chi connectivity index (χ2n) is 6.45. The lowest BCUT2D eigenvalue weighted by Gasteiger charge is -2.09. The maximum Gasteiger partial charge on any atom is 0.339 e. The molecule has 0 radical (unpaired) electrons. The van der Waals surface area contributed by atoms with E-state index in [-0.39, 0.29) is 11.3 Å². The summed E-state index contributed by atoms with van der Waals surface area (Å²) in [6, 6.07) is 8.04. The van der Waals surface area contributed by atoms with Gasteiger partial charge in [-0.1, -0.05) is 24.3 Å². The van der Waals surface area contributed by atoms with Crippen molar-refractivity contribution in [1.82, 2.24) is 19.6 Å². The molecule has 8 heteroatoms. The minimum absolute atomic E-state index is 0.129. The van der Waals surface area contributed by atoms with Crippen LogP contribution in [0.15, 0.2) is 30.5 Å². The normalized spacial score (nSPS) is 10.8. The van der Waals surface area contributed by atoms with E-state index in [0.717, 1.165) is 16.8 Å². The molecule has 0 aliphatic carbocycles. The van der Waals surface area contributed by atoms with E-state index in [0.29, 0.717) is 17.9 Å². The fourth-order valence-corrected chi connectivity index (χ4v) is 2.97. The number of rotatable bonds is 5. The SMILES string of the molecule is Cc1ccccc1Cn1nc(C)c(NC(=O)c2nn(C)cc2C(=O)O)c1C. The van der Waals surface area contributed by atoms with Crippen molar-refractivity contribution in [2.75, 3.05) is 5.32 Å². The lowest BCUT2D eigenvalue weighted by Crippen LogP contribution is -2.17. The maximum atomic E-state index is 12.6. The summed E-state index contributed by atoms with van der Waals surface area (Å²) in [5, 5.41) is 20.5. The molecular formula is C19H21N5O3. The van der Waals surface area contributed by atoms with Crippen molar-refractivity contribution in [3.8, 4) is 0 Å². The number of aromatic nitrogens is 4. The molecule has 0 aliphatic rings. The van der Waals surface area contributed by atoms with E-state index in [1.165, 1.54) is 10.9 Å². The fraction of sp³-hybridized carbons (Fsp3) is 0.263. The Bertz CT molecular complexity index is 1030. The minimum atomic E-state index is -1.20. The second kappa shape index (κ2) is 7.06. The van der Waals surface area contributed by atoms with Crippen LogP contribution in [0.5, 0.6) is 0 Å². The van der Waals surface area contributed by atoms with Crippen LogP contribution in [-0.2, 0) is 13.6 Å². The van der Waals surface area contributed by atoms with Crippen molar-refractivity contribution in [1.29, 1.82) is 0 Å². The Hall–Kier alpha value is -3.42. The monoisotopic (exact) mass is 367 g/mol. The number of nitrogens with one attached hydrogen (secondary N) is 1. The van der Waals surface area contributed by atoms with Crippen LogP contribution in [0, 0.1) is 20.8 Å². The molecule has 0 atom stereocenters. The van der Waals surface area contributed by atoms with Gasteiger partial charge in [0.1, 0.15) is 5.56 Å². The fourth-order valence-electron chi connectivity index (χ4n) is 2.97. The minimum Gasteiger partial charge on any atom is -0.478 e. The molecule has 0 saturated heterocycles. The van der Waals surface area contributed by atoms with Crippen LogP contribution in [0.25, 0.3) is 0 Å². The molecule has 27 heavy (non-hydrogen) atoms. The number of aryl methyl sites for hydroxylation is 3. The predicted octanol–water partition coefficient (Wildman–Crippen LogP) is 2.54. The molecule has 8 nitrogen and oxygen atoms in total. The summed E-state index contributed by atoms with van der Waals surface area (Å²) >= 11 is 0. The van der Waals surface area contributed by atoms with Gasteiger partial charge >= 0.3 is 5.97 Å². The number of nitrogens with zero attached hydrogens (tertiary/aromatic N) is 4. The summed E-state index contributed by atoms with van der Waals surface area (Å²) < 4.78 is 3.13. The molecule has 0 aliphatic heterocycles. The molecule has 1 aromatic carbocycles. The van der Waals surface area contributed by atoms with Gasteiger partial charge in [-0.3, -0.25) is 14.2 Å². The first kappa shape index (κ1) is 18.4. The van der Waals surface area contributed by atoms with Gasteiger partial charge in [-0.25, -0.2) is 4.79 Å². The highest BCUT2D eigenvalue weighted by atomic mass is 16.4. The molecule has 0 fully saturated rings. The van der Waals surface area contributed by atoms with E-state index < -0.39 is 11.9 Å². The van der Waals surface area contributed by atoms with Crippen LogP contribution in [0.3, 0.4) is 0 Å². The van der Waals surface area contributed by atoms with Crippen molar-refractivity contribution >= 4 is 17.6 Å². The molecule has 140 valence electrons. The standard InChI is InChI=1S/C19H21N5O3/c1-11-7-5-6-8-14(11)9-24-13(3)16(12(2)21-24)20-18(25)17-15(19(26)27)10-23(4)22-17/h5-8,10H,9H2,1-4H3,(H,20,25)(H,26,27). The van der Waals surface area contributed by atoms with Gasteiger partial charge in [0, 0.05) is 13.2 Å². The molecule has 0 spiro atoms. The van der Waals surface area contributed by atoms with E-state index >= 15 is 0 Å². The molecular weight excluding hydrogens is 346 g/mol. The Morgan fingerprint density at radius 2 is 1.85 bits per heavy atom. The Kier molecular flexibility index (Phi) is 4.81. The van der Waals surface area contributed by atoms with Crippen molar-refractivity contribution in [2.24, 2.45) is 7.05 Å². The molecule has 1 amide bonds. The summed E-state index contributed by atoms with van der Waals surface area (Å²) in [4.78, 5) is 23.9. The van der Waals surface area contributed by atoms with Crippen LogP contribution < -0.4 is 5.32 Å². The quantitative estimate of drug-likeness (QED) is 0.721. The molecule has 0 bridgehead atoms. The lowest BCUT2D eigenvalue weighted by molar-refractivity contribution is 0.0692. The van der Waals surface area contributed by atoms with Crippen LogP contribution in [0.2, 0.25) is 0 Å². The van der Waals surface area contributed by atoms with Crippen molar-refractivity contribution < 1.29 is 14.7 Å². The highest BCUT2D eigenvalue weighted by molar-refractivity contribution is 6.09. The first-order valence-electron chi connectivity index (χ1n) is 8.44. The van der Waals surface area contributed by atoms with Gasteiger partial charge in [-0.2, -0.15) is 10.2 Å². The number of carboxylic acid groups (broad SMARTS) is 1. The zero-order chi connectivity index (χ0) is 19.7. The van der Waals surface area contributed by atoms with Crippen molar-refractivity contribution in [2.45, 2.75) is 27.3 Å². The summed E-state index contributed by atoms with van der Waals surface area (Å²) in [7, 11) is 1.57. The first-order chi connectivity index (χ1) is 12.8. The maximum absolute atomic E-state index is 12.6. The van der Waals surface area contributed by atoms with Crippen LogP contribution >= 0.6 is 0 Å². The van der Waals surface area contributed by atoms with E-state index in [1.807, 2.05) is 42.8 Å². The summed E-state index contributed by atoms with van der Waals surface area (Å²) in [6.07, 6.45) is 1.30. The number of carbonyl (C=O) groups excluding carboxylic acids is 1. The van der Waals surface area contributed by atoms with Gasteiger partial charge in [0.05, 0.1) is 23.6 Å². The van der Waals surface area contributed by atoms with Crippen LogP contribution in [0.1, 0.15) is 43.4 Å². The molecule has 3 aromatic rings. The van der Waals surface area contributed by atoms with E-state index in [4.69, 9.17) is 0 Å². The molecule has 0 unspecified atom stereocenters. The van der Waals surface area contributed by atoms with E-state index in [9.17, 15) is 14.7 Å². The summed E-state index contributed by atoms with van der Waals surface area (Å²) in [5.74, 6) is -1.77. The average molecular weight is 367 g/mol. The third-order valence-corrected chi connectivity index (χ3v) is 4.48. The third kappa shape index (κ3) is 3.59. The van der Waals surface area contributed by atoms with E-state index in [2.05, 4.69) is 15.5 Å². The number of benzene rings is 1. The van der Waals surface area contributed by atoms with Crippen molar-refractivity contribution in [3.05, 3.63) is 64.2 Å². The number of aromatic carboxylic acids is 1. The highest BCUT2D eigenvalue weighted by Crippen LogP contribution is 2.22. The Balaban J connectivity index is 1.88. The first-order valence-corrected chi connectivity index (χ1v) is 8.44. The summed E-state index contributed by atoms with van der Waals surface area (Å²) in [5.41, 5.74) is 4.04. The van der Waals surface area contributed by atoms with Crippen LogP contribution in [-0.4, -0.2) is 36.5 Å². The molecule has 3 rings (SSSR count). The number of hydrogen-bond donors (Lipinski definition) is 2. The third-order valence-electron chi connectivity index (χ3n) is 4.48. The molecule has 2 heterocycles. The Morgan fingerprint density at radius 3 is 2.52 bits per heavy atom. The Morgan fingerprint density at radius 1 is 1.15 bits per heavy atom. The number of anilines is 1. The van der Waals surface area contributed by atoms with Gasteiger partial charge in [0.15, 0.2) is 5.69 Å². The number of carboxylic acids is 1. The Labute approximate surface area is 156 Å². The van der Waals surface area contributed by atoms with Gasteiger partial charge in [-0.15, -0.1) is 0 Å². The van der Waals surface area contributed by atoms with Gasteiger partial charge in [0.25, 0.3) is 5.91 Å². The van der Waals surface area contributed by atoms with Gasteiger partial charge < -0.3 is 10.4 Å². The molecule has 2 aromatic heterocycles. The number of hydrogen-bond acceptors (Lipinski definition) is 4. The number of carbonyl (C=O) groups is 2. The second-order valence-corrected chi connectivity index (χ2v) is 6.45. The molecule has 2 N–H and O–H groups in total. The zero-order valence-electron chi connectivity index (χ0n) is 15.6. The number of amides is 1. The molecule has 0 saturated carbocycles.